The van der Waals surface area contributed by atoms with Gasteiger partial charge >= 0.3 is 0 Å². The summed E-state index contributed by atoms with van der Waals surface area (Å²) in [6.07, 6.45) is 8.19. The van der Waals surface area contributed by atoms with E-state index in [1.807, 2.05) is 24.3 Å². The molecule has 0 amide bonds. The molecule has 1 saturated carbocycles. The first-order valence-corrected chi connectivity index (χ1v) is 11.5. The van der Waals surface area contributed by atoms with Crippen molar-refractivity contribution in [1.82, 2.24) is 0 Å². The molecule has 1 heteroatoms. The molecule has 0 heterocycles. The van der Waals surface area contributed by atoms with Crippen LogP contribution in [0.5, 0.6) is 0 Å². The Balaban J connectivity index is 1.54. The summed E-state index contributed by atoms with van der Waals surface area (Å²) in [6, 6.07) is 18.4. The zero-order valence-electron chi connectivity index (χ0n) is 18.2. The number of halogens is 1. The molecule has 3 aromatic rings. The predicted octanol–water partition coefficient (Wildman–Crippen LogP) is 8.02. The number of rotatable bonds is 4. The Bertz CT molecular complexity index is 1060. The van der Waals surface area contributed by atoms with Crippen LogP contribution in [-0.2, 0) is 6.42 Å². The summed E-state index contributed by atoms with van der Waals surface area (Å²) < 4.78 is 15.3. The molecule has 0 atom stereocenters. The molecule has 1 fully saturated rings. The fourth-order valence-corrected chi connectivity index (χ4v) is 4.77. The molecule has 0 saturated heterocycles. The first kappa shape index (κ1) is 20.7. The molecule has 1 aliphatic rings. The number of aryl methyl sites for hydroxylation is 1. The molecule has 0 nitrogen and oxygen atoms in total. The van der Waals surface area contributed by atoms with E-state index in [0.29, 0.717) is 5.92 Å². The monoisotopic (exact) mass is 398 g/mol. The first-order chi connectivity index (χ1) is 14.7. The maximum atomic E-state index is 15.3. The third-order valence-electron chi connectivity index (χ3n) is 6.69. The van der Waals surface area contributed by atoms with Crippen molar-refractivity contribution in [3.8, 4) is 11.8 Å². The van der Waals surface area contributed by atoms with Gasteiger partial charge < -0.3 is 0 Å². The van der Waals surface area contributed by atoms with Crippen LogP contribution >= 0.6 is 0 Å². The number of hydrogen-bond donors (Lipinski definition) is 0. The zero-order chi connectivity index (χ0) is 20.9. The zero-order valence-corrected chi connectivity index (χ0v) is 18.2. The molecule has 0 unspecified atom stereocenters. The minimum Gasteiger partial charge on any atom is -0.206 e. The van der Waals surface area contributed by atoms with Gasteiger partial charge in [0.2, 0.25) is 0 Å². The van der Waals surface area contributed by atoms with Crippen LogP contribution in [0.1, 0.15) is 80.5 Å². The Hall–Kier alpha value is -2.59. The molecule has 3 aromatic carbocycles. The molecule has 4 rings (SSSR count). The van der Waals surface area contributed by atoms with E-state index >= 15 is 4.39 Å². The lowest BCUT2D eigenvalue weighted by Gasteiger charge is -2.28. The van der Waals surface area contributed by atoms with E-state index < -0.39 is 0 Å². The van der Waals surface area contributed by atoms with Gasteiger partial charge in [0.05, 0.1) is 0 Å². The van der Waals surface area contributed by atoms with Gasteiger partial charge in [-0.05, 0) is 84.7 Å². The van der Waals surface area contributed by atoms with E-state index in [1.54, 1.807) is 0 Å². The Morgan fingerprint density at radius 2 is 1.53 bits per heavy atom. The fourth-order valence-electron chi connectivity index (χ4n) is 4.77. The smallest absolute Gasteiger partial charge is 0.134 e. The van der Waals surface area contributed by atoms with Crippen LogP contribution in [0.3, 0.4) is 0 Å². The van der Waals surface area contributed by atoms with Gasteiger partial charge in [0, 0.05) is 16.5 Å². The molecule has 0 radical (unpaired) electrons. The van der Waals surface area contributed by atoms with Gasteiger partial charge in [-0.2, -0.15) is 0 Å². The Morgan fingerprint density at radius 1 is 0.833 bits per heavy atom. The standard InChI is InChI=1S/C29H31F/c1-3-5-22-6-8-23(9-7-22)10-11-24-14-18-28-26(20-24)17-19-27(29(28)30)25-15-12-21(4-2)13-16-25/h6-9,14,17-21,25H,3-5,12-13,15-16H2,1-2H3. The highest BCUT2D eigenvalue weighted by Gasteiger charge is 2.24. The minimum absolute atomic E-state index is 0.0292. The third-order valence-corrected chi connectivity index (χ3v) is 6.69. The second-order valence-electron chi connectivity index (χ2n) is 8.73. The SMILES string of the molecule is CCCc1ccc(C#Cc2ccc3c(F)c(C4CCC(CC)CC4)ccc3c2)cc1. The van der Waals surface area contributed by atoms with Crippen LogP contribution < -0.4 is 0 Å². The van der Waals surface area contributed by atoms with Crippen LogP contribution in [0.25, 0.3) is 10.8 Å². The van der Waals surface area contributed by atoms with E-state index in [9.17, 15) is 0 Å². The van der Waals surface area contributed by atoms with Crippen molar-refractivity contribution in [2.45, 2.75) is 64.7 Å². The topological polar surface area (TPSA) is 0 Å². The Morgan fingerprint density at radius 3 is 2.23 bits per heavy atom. The molecule has 0 spiro atoms. The highest BCUT2D eigenvalue weighted by atomic mass is 19.1. The van der Waals surface area contributed by atoms with Crippen LogP contribution in [0.4, 0.5) is 4.39 Å². The summed E-state index contributed by atoms with van der Waals surface area (Å²) in [5, 5.41) is 1.66. The van der Waals surface area contributed by atoms with Gasteiger partial charge in [-0.3, -0.25) is 0 Å². The van der Waals surface area contributed by atoms with E-state index in [0.717, 1.165) is 59.1 Å². The van der Waals surface area contributed by atoms with E-state index in [-0.39, 0.29) is 5.82 Å². The maximum Gasteiger partial charge on any atom is 0.134 e. The van der Waals surface area contributed by atoms with Crippen molar-refractivity contribution in [3.63, 3.8) is 0 Å². The van der Waals surface area contributed by atoms with E-state index in [2.05, 4.69) is 56.0 Å². The first-order valence-electron chi connectivity index (χ1n) is 11.5. The second-order valence-corrected chi connectivity index (χ2v) is 8.73. The van der Waals surface area contributed by atoms with Crippen molar-refractivity contribution in [3.05, 3.63) is 82.7 Å². The maximum absolute atomic E-state index is 15.3. The summed E-state index contributed by atoms with van der Waals surface area (Å²) in [7, 11) is 0. The fraction of sp³-hybridized carbons (Fsp3) is 0.379. The minimum atomic E-state index is -0.0292. The summed E-state index contributed by atoms with van der Waals surface area (Å²) in [5.41, 5.74) is 4.20. The van der Waals surface area contributed by atoms with Gasteiger partial charge in [0.25, 0.3) is 0 Å². The largest absolute Gasteiger partial charge is 0.206 e. The van der Waals surface area contributed by atoms with Crippen molar-refractivity contribution in [1.29, 1.82) is 0 Å². The molecule has 1 aliphatic carbocycles. The van der Waals surface area contributed by atoms with Gasteiger partial charge in [0.15, 0.2) is 0 Å². The van der Waals surface area contributed by atoms with Gasteiger partial charge in [-0.1, -0.05) is 68.9 Å². The summed E-state index contributed by atoms with van der Waals surface area (Å²) >= 11 is 0. The molecule has 154 valence electrons. The average molecular weight is 399 g/mol. The van der Waals surface area contributed by atoms with Crippen LogP contribution in [0, 0.1) is 23.6 Å². The lowest BCUT2D eigenvalue weighted by Crippen LogP contribution is -2.13. The van der Waals surface area contributed by atoms with Crippen molar-refractivity contribution in [2.75, 3.05) is 0 Å². The molecule has 0 aliphatic heterocycles. The quantitative estimate of drug-likeness (QED) is 0.390. The lowest BCUT2D eigenvalue weighted by molar-refractivity contribution is 0.315. The average Bonchev–Trinajstić information content (AvgIpc) is 2.79. The second kappa shape index (κ2) is 9.48. The molecule has 0 aromatic heterocycles. The van der Waals surface area contributed by atoms with Crippen LogP contribution in [0.2, 0.25) is 0 Å². The number of fused-ring (bicyclic) bond motifs is 1. The molecular formula is C29H31F. The Labute approximate surface area is 180 Å². The number of benzene rings is 3. The van der Waals surface area contributed by atoms with Gasteiger partial charge in [0.1, 0.15) is 5.82 Å². The normalized spacial score (nSPS) is 18.8. The third kappa shape index (κ3) is 4.59. The highest BCUT2D eigenvalue weighted by molar-refractivity contribution is 5.85. The summed E-state index contributed by atoms with van der Waals surface area (Å²) in [5.74, 6) is 7.65. The van der Waals surface area contributed by atoms with Gasteiger partial charge in [-0.25, -0.2) is 4.39 Å². The molecule has 30 heavy (non-hydrogen) atoms. The van der Waals surface area contributed by atoms with Crippen LogP contribution in [0.15, 0.2) is 54.6 Å². The van der Waals surface area contributed by atoms with E-state index in [4.69, 9.17) is 0 Å². The Kier molecular flexibility index (Phi) is 6.53. The molecular weight excluding hydrogens is 367 g/mol. The highest BCUT2D eigenvalue weighted by Crippen LogP contribution is 2.39. The van der Waals surface area contributed by atoms with Crippen LogP contribution in [-0.4, -0.2) is 0 Å². The summed E-state index contributed by atoms with van der Waals surface area (Å²) in [4.78, 5) is 0. The molecule has 0 N–H and O–H groups in total. The van der Waals surface area contributed by atoms with E-state index in [1.165, 1.54) is 24.8 Å². The predicted molar refractivity (Wildman–Crippen MR) is 125 cm³/mol. The van der Waals surface area contributed by atoms with Crippen molar-refractivity contribution in [2.24, 2.45) is 5.92 Å². The lowest BCUT2D eigenvalue weighted by atomic mass is 9.77. The van der Waals surface area contributed by atoms with Crippen molar-refractivity contribution >= 4 is 10.8 Å². The summed E-state index contributed by atoms with van der Waals surface area (Å²) in [6.45, 7) is 4.46. The molecule has 0 bridgehead atoms. The number of hydrogen-bond acceptors (Lipinski definition) is 0. The van der Waals surface area contributed by atoms with Gasteiger partial charge in [-0.15, -0.1) is 0 Å². The van der Waals surface area contributed by atoms with Crippen molar-refractivity contribution < 1.29 is 4.39 Å².